The molecule has 2 nitrogen and oxygen atoms in total. The largest absolute Gasteiger partial charge is 0.309 e. The SMILES string of the molecule is c1ccc(-c2ccc3c(c2)c2cc(-c4ccccc4)ccc2n3-c2ccc3c(c2)c2cccc4c2n3-c2ccccc2C4(c2ccccc2)c2ccccc2)cc1. The molecule has 0 aliphatic carbocycles. The van der Waals surface area contributed by atoms with Crippen LogP contribution in [0, 0.1) is 0 Å². The summed E-state index contributed by atoms with van der Waals surface area (Å²) in [6.07, 6.45) is 0. The summed E-state index contributed by atoms with van der Waals surface area (Å²) in [6, 6.07) is 80.5. The smallest absolute Gasteiger partial charge is 0.0742 e. The van der Waals surface area contributed by atoms with E-state index in [2.05, 4.69) is 228 Å². The lowest BCUT2D eigenvalue weighted by Gasteiger charge is -2.41. The Morgan fingerprint density at radius 2 is 0.772 bits per heavy atom. The highest BCUT2D eigenvalue weighted by Crippen LogP contribution is 2.54. The number of hydrogen-bond donors (Lipinski definition) is 0. The molecule has 9 aromatic carbocycles. The molecule has 0 N–H and O–H groups in total. The average molecular weight is 725 g/mol. The van der Waals surface area contributed by atoms with E-state index >= 15 is 0 Å². The number of nitrogens with zero attached hydrogens (tertiary/aromatic N) is 2. The number of hydrogen-bond acceptors (Lipinski definition) is 0. The summed E-state index contributed by atoms with van der Waals surface area (Å²) in [5.41, 5.74) is 16.7. The lowest BCUT2D eigenvalue weighted by atomic mass is 9.63. The third kappa shape index (κ3) is 4.53. The van der Waals surface area contributed by atoms with Gasteiger partial charge in [0.15, 0.2) is 0 Å². The fourth-order valence-corrected chi connectivity index (χ4v) is 9.97. The number of para-hydroxylation sites is 2. The molecule has 11 aromatic rings. The highest BCUT2D eigenvalue weighted by atomic mass is 15.0. The molecule has 0 atom stereocenters. The molecule has 0 spiro atoms. The first-order valence-corrected chi connectivity index (χ1v) is 19.8. The van der Waals surface area contributed by atoms with E-state index in [1.807, 2.05) is 0 Å². The Morgan fingerprint density at radius 3 is 1.37 bits per heavy atom. The second-order valence-corrected chi connectivity index (χ2v) is 15.3. The molecule has 1 aliphatic heterocycles. The number of rotatable bonds is 5. The normalized spacial score (nSPS) is 13.1. The van der Waals surface area contributed by atoms with Gasteiger partial charge in [0.2, 0.25) is 0 Å². The van der Waals surface area contributed by atoms with Crippen LogP contribution >= 0.6 is 0 Å². The Morgan fingerprint density at radius 1 is 0.298 bits per heavy atom. The fourth-order valence-electron chi connectivity index (χ4n) is 9.97. The van der Waals surface area contributed by atoms with Crippen LogP contribution in [0.3, 0.4) is 0 Å². The highest BCUT2D eigenvalue weighted by Gasteiger charge is 2.45. The molecule has 0 radical (unpaired) electrons. The van der Waals surface area contributed by atoms with Crippen LogP contribution in [0.25, 0.3) is 77.2 Å². The van der Waals surface area contributed by atoms with Gasteiger partial charge in [0.25, 0.3) is 0 Å². The zero-order chi connectivity index (χ0) is 37.5. The van der Waals surface area contributed by atoms with Gasteiger partial charge in [-0.2, -0.15) is 0 Å². The van der Waals surface area contributed by atoms with Crippen molar-refractivity contribution in [1.29, 1.82) is 0 Å². The zero-order valence-electron chi connectivity index (χ0n) is 31.2. The Bertz CT molecular complexity index is 3180. The lowest BCUT2D eigenvalue weighted by Crippen LogP contribution is -2.35. The van der Waals surface area contributed by atoms with Gasteiger partial charge < -0.3 is 9.13 Å². The number of aromatic nitrogens is 2. The van der Waals surface area contributed by atoms with Crippen LogP contribution in [0.1, 0.15) is 22.3 Å². The summed E-state index contributed by atoms with van der Waals surface area (Å²) in [6.45, 7) is 0. The number of benzene rings is 9. The van der Waals surface area contributed by atoms with E-state index < -0.39 is 5.41 Å². The van der Waals surface area contributed by atoms with E-state index in [1.165, 1.54) is 93.8 Å². The van der Waals surface area contributed by atoms with Crippen LogP contribution in [0.4, 0.5) is 0 Å². The molecule has 3 heterocycles. The highest BCUT2D eigenvalue weighted by molar-refractivity contribution is 6.15. The molecule has 57 heavy (non-hydrogen) atoms. The van der Waals surface area contributed by atoms with Gasteiger partial charge in [0.1, 0.15) is 0 Å². The number of fused-ring (bicyclic) bond motifs is 8. The topological polar surface area (TPSA) is 9.86 Å². The molecule has 12 rings (SSSR count). The van der Waals surface area contributed by atoms with Crippen molar-refractivity contribution in [2.24, 2.45) is 0 Å². The van der Waals surface area contributed by atoms with Crippen LogP contribution in [-0.4, -0.2) is 9.13 Å². The van der Waals surface area contributed by atoms with E-state index in [0.717, 1.165) is 5.69 Å². The molecule has 0 amide bonds. The quantitative estimate of drug-likeness (QED) is 0.167. The third-order valence-corrected chi connectivity index (χ3v) is 12.4. The maximum atomic E-state index is 2.52. The van der Waals surface area contributed by atoms with Crippen LogP contribution < -0.4 is 0 Å². The van der Waals surface area contributed by atoms with Crippen LogP contribution in [-0.2, 0) is 5.41 Å². The van der Waals surface area contributed by atoms with Crippen molar-refractivity contribution in [1.82, 2.24) is 9.13 Å². The molecular weight excluding hydrogens is 689 g/mol. The van der Waals surface area contributed by atoms with Gasteiger partial charge in [-0.3, -0.25) is 0 Å². The molecule has 0 bridgehead atoms. The molecule has 0 unspecified atom stereocenters. The summed E-state index contributed by atoms with van der Waals surface area (Å²) < 4.78 is 4.99. The maximum absolute atomic E-state index is 2.52. The molecule has 1 aliphatic rings. The van der Waals surface area contributed by atoms with Crippen LogP contribution in [0.5, 0.6) is 0 Å². The van der Waals surface area contributed by atoms with Crippen molar-refractivity contribution in [2.75, 3.05) is 0 Å². The van der Waals surface area contributed by atoms with Crippen molar-refractivity contribution in [3.05, 3.63) is 241 Å². The van der Waals surface area contributed by atoms with Crippen molar-refractivity contribution in [3.63, 3.8) is 0 Å². The van der Waals surface area contributed by atoms with E-state index in [9.17, 15) is 0 Å². The molecule has 2 aromatic heterocycles. The Hall–Kier alpha value is -7.42. The van der Waals surface area contributed by atoms with Gasteiger partial charge in [0, 0.05) is 27.2 Å². The minimum Gasteiger partial charge on any atom is -0.309 e. The predicted molar refractivity (Wildman–Crippen MR) is 238 cm³/mol. The fraction of sp³-hybridized carbons (Fsp3) is 0.0182. The monoisotopic (exact) mass is 724 g/mol. The first kappa shape index (κ1) is 31.9. The van der Waals surface area contributed by atoms with Gasteiger partial charge in [-0.15, -0.1) is 0 Å². The first-order chi connectivity index (χ1) is 28.3. The second-order valence-electron chi connectivity index (χ2n) is 15.3. The molecule has 0 saturated carbocycles. The maximum Gasteiger partial charge on any atom is 0.0742 e. The summed E-state index contributed by atoms with van der Waals surface area (Å²) >= 11 is 0. The Kier molecular flexibility index (Phi) is 6.88. The molecule has 0 fully saturated rings. The van der Waals surface area contributed by atoms with Crippen molar-refractivity contribution >= 4 is 43.6 Å². The minimum atomic E-state index is -0.494. The minimum absolute atomic E-state index is 0.494. The Balaban J connectivity index is 1.15. The van der Waals surface area contributed by atoms with E-state index in [1.54, 1.807) is 0 Å². The van der Waals surface area contributed by atoms with Crippen molar-refractivity contribution in [3.8, 4) is 33.6 Å². The van der Waals surface area contributed by atoms with E-state index in [0.29, 0.717) is 0 Å². The molecule has 2 heteroatoms. The summed E-state index contributed by atoms with van der Waals surface area (Å²) in [7, 11) is 0. The summed E-state index contributed by atoms with van der Waals surface area (Å²) in [5, 5.41) is 4.99. The summed E-state index contributed by atoms with van der Waals surface area (Å²) in [4.78, 5) is 0. The van der Waals surface area contributed by atoms with Gasteiger partial charge in [-0.25, -0.2) is 0 Å². The molecular formula is C55H36N2. The van der Waals surface area contributed by atoms with Gasteiger partial charge >= 0.3 is 0 Å². The van der Waals surface area contributed by atoms with Gasteiger partial charge in [-0.05, 0) is 93.0 Å². The lowest BCUT2D eigenvalue weighted by molar-refractivity contribution is 0.728. The zero-order valence-corrected chi connectivity index (χ0v) is 31.2. The molecule has 0 saturated heterocycles. The van der Waals surface area contributed by atoms with Crippen LogP contribution in [0.2, 0.25) is 0 Å². The van der Waals surface area contributed by atoms with Crippen molar-refractivity contribution in [2.45, 2.75) is 5.41 Å². The van der Waals surface area contributed by atoms with Gasteiger partial charge in [-0.1, -0.05) is 170 Å². The summed E-state index contributed by atoms with van der Waals surface area (Å²) in [5.74, 6) is 0. The Labute approximate surface area is 331 Å². The first-order valence-electron chi connectivity index (χ1n) is 19.8. The third-order valence-electron chi connectivity index (χ3n) is 12.4. The van der Waals surface area contributed by atoms with E-state index in [-0.39, 0.29) is 0 Å². The standard InChI is InChI=1S/C55H36N2/c1-5-16-37(17-6-1)39-28-31-50-45(34-39)46-35-40(38-18-7-2-8-19-38)29-32-51(46)56(50)43-30-33-52-47(36-43)44-24-15-26-49-54(44)57(52)53-27-14-13-25-48(53)55(49,41-20-9-3-10-21-41)42-22-11-4-12-23-42/h1-36H. The second kappa shape index (κ2) is 12.3. The average Bonchev–Trinajstić information content (AvgIpc) is 3.80. The van der Waals surface area contributed by atoms with Gasteiger partial charge in [0.05, 0.1) is 33.2 Å². The molecule has 266 valence electrons. The van der Waals surface area contributed by atoms with E-state index in [4.69, 9.17) is 0 Å². The van der Waals surface area contributed by atoms with Crippen LogP contribution in [0.15, 0.2) is 218 Å². The predicted octanol–water partition coefficient (Wildman–Crippen LogP) is 13.9. The van der Waals surface area contributed by atoms with Crippen molar-refractivity contribution < 1.29 is 0 Å².